The molecular weight excluding hydrogens is 917 g/mol. The van der Waals surface area contributed by atoms with Gasteiger partial charge in [0.1, 0.15) is 0 Å². The van der Waals surface area contributed by atoms with Crippen LogP contribution in [0.2, 0.25) is 0 Å². The summed E-state index contributed by atoms with van der Waals surface area (Å²) in [6.07, 6.45) is 0. The van der Waals surface area contributed by atoms with Crippen LogP contribution in [0.3, 0.4) is 0 Å². The summed E-state index contributed by atoms with van der Waals surface area (Å²) in [5.41, 5.74) is 23.9. The average Bonchev–Trinajstić information content (AvgIpc) is 3.93. The van der Waals surface area contributed by atoms with Gasteiger partial charge in [0.05, 0.1) is 11.4 Å². The summed E-state index contributed by atoms with van der Waals surface area (Å²) in [7, 11) is 0. The topological polar surface area (TPSA) is 6.48 Å². The van der Waals surface area contributed by atoms with Gasteiger partial charge in [0.15, 0.2) is 0 Å². The molecular formula is C74H56N2. The maximum atomic E-state index is 2.50. The van der Waals surface area contributed by atoms with E-state index >= 15 is 0 Å². The van der Waals surface area contributed by atoms with Gasteiger partial charge in [-0.2, -0.15) is 0 Å². The average molecular weight is 973 g/mol. The predicted octanol–water partition coefficient (Wildman–Crippen LogP) is 20.5. The monoisotopic (exact) mass is 972 g/mol. The van der Waals surface area contributed by atoms with Gasteiger partial charge in [-0.15, -0.1) is 0 Å². The first-order valence-electron chi connectivity index (χ1n) is 26.7. The molecule has 2 heteroatoms. The van der Waals surface area contributed by atoms with Crippen LogP contribution in [0.5, 0.6) is 0 Å². The number of rotatable bonds is 9. The van der Waals surface area contributed by atoms with Crippen molar-refractivity contribution in [3.63, 3.8) is 0 Å². The molecule has 2 aliphatic carbocycles. The molecule has 0 aromatic heterocycles. The van der Waals surface area contributed by atoms with Crippen molar-refractivity contribution in [1.29, 1.82) is 0 Å². The molecule has 0 spiro atoms. The van der Waals surface area contributed by atoms with E-state index in [1.165, 1.54) is 99.4 Å². The third-order valence-electron chi connectivity index (χ3n) is 16.6. The van der Waals surface area contributed by atoms with Crippen molar-refractivity contribution < 1.29 is 0 Å². The summed E-state index contributed by atoms with van der Waals surface area (Å²) in [6, 6.07) is 98.8. The highest BCUT2D eigenvalue weighted by Crippen LogP contribution is 2.62. The molecule has 0 unspecified atom stereocenters. The summed E-state index contributed by atoms with van der Waals surface area (Å²) in [6.45, 7) is 9.85. The Labute approximate surface area is 446 Å². The van der Waals surface area contributed by atoms with E-state index in [9.17, 15) is 0 Å². The third-order valence-corrected chi connectivity index (χ3v) is 16.6. The number of nitrogens with zero attached hydrogens (tertiary/aromatic N) is 2. The Morgan fingerprint density at radius 1 is 0.263 bits per heavy atom. The number of fused-ring (bicyclic) bond motifs is 8. The van der Waals surface area contributed by atoms with Gasteiger partial charge in [-0.3, -0.25) is 0 Å². The van der Waals surface area contributed by atoms with Crippen molar-refractivity contribution in [2.45, 2.75) is 38.5 Å². The number of benzene rings is 12. The van der Waals surface area contributed by atoms with E-state index in [4.69, 9.17) is 0 Å². The quantitative estimate of drug-likeness (QED) is 0.142. The number of hydrogen-bond acceptors (Lipinski definition) is 2. The number of anilines is 6. The van der Waals surface area contributed by atoms with Crippen LogP contribution < -0.4 is 9.80 Å². The van der Waals surface area contributed by atoms with E-state index < -0.39 is 10.8 Å². The van der Waals surface area contributed by atoms with Crippen LogP contribution in [0.4, 0.5) is 34.1 Å². The fraction of sp³-hybridized carbons (Fsp3) is 0.0811. The van der Waals surface area contributed by atoms with E-state index in [0.29, 0.717) is 0 Å². The van der Waals surface area contributed by atoms with Gasteiger partial charge in [-0.25, -0.2) is 0 Å². The second kappa shape index (κ2) is 17.7. The fourth-order valence-corrected chi connectivity index (χ4v) is 13.1. The lowest BCUT2D eigenvalue weighted by Crippen LogP contribution is -2.20. The fourth-order valence-electron chi connectivity index (χ4n) is 13.1. The van der Waals surface area contributed by atoms with E-state index in [0.717, 1.165) is 34.1 Å². The smallest absolute Gasteiger partial charge is 0.0543 e. The molecule has 76 heavy (non-hydrogen) atoms. The summed E-state index contributed by atoms with van der Waals surface area (Å²) in [5, 5.41) is 5.02. The molecule has 14 rings (SSSR count). The Kier molecular flexibility index (Phi) is 10.6. The Hall–Kier alpha value is -9.24. The van der Waals surface area contributed by atoms with Crippen molar-refractivity contribution in [2.75, 3.05) is 9.80 Å². The van der Waals surface area contributed by atoms with Crippen LogP contribution in [-0.4, -0.2) is 0 Å². The van der Waals surface area contributed by atoms with Gasteiger partial charge < -0.3 is 9.80 Å². The summed E-state index contributed by atoms with van der Waals surface area (Å²) >= 11 is 0. The molecule has 12 aromatic rings. The maximum Gasteiger partial charge on any atom is 0.0543 e. The molecule has 0 aliphatic heterocycles. The zero-order chi connectivity index (χ0) is 51.1. The van der Waals surface area contributed by atoms with E-state index in [1.54, 1.807) is 0 Å². The second-order valence-electron chi connectivity index (χ2n) is 21.6. The molecule has 362 valence electrons. The normalized spacial score (nSPS) is 13.5. The Bertz CT molecular complexity index is 3850. The lowest BCUT2D eigenvalue weighted by atomic mass is 9.74. The minimum Gasteiger partial charge on any atom is -0.310 e. The molecule has 0 radical (unpaired) electrons. The summed E-state index contributed by atoms with van der Waals surface area (Å²) in [5.74, 6) is 0. The maximum absolute atomic E-state index is 2.50. The third kappa shape index (κ3) is 7.09. The Morgan fingerprint density at radius 2 is 0.579 bits per heavy atom. The van der Waals surface area contributed by atoms with Crippen molar-refractivity contribution in [3.8, 4) is 55.6 Å². The number of hydrogen-bond donors (Lipinski definition) is 0. The van der Waals surface area contributed by atoms with Gasteiger partial charge in [0.25, 0.3) is 0 Å². The van der Waals surface area contributed by atoms with Gasteiger partial charge in [0.2, 0.25) is 0 Å². The highest BCUT2D eigenvalue weighted by molar-refractivity contribution is 6.06. The molecule has 0 amide bonds. The van der Waals surface area contributed by atoms with Crippen molar-refractivity contribution >= 4 is 55.7 Å². The largest absolute Gasteiger partial charge is 0.310 e. The summed E-state index contributed by atoms with van der Waals surface area (Å²) in [4.78, 5) is 4.93. The van der Waals surface area contributed by atoms with Gasteiger partial charge >= 0.3 is 0 Å². The Balaban J connectivity index is 1.06. The molecule has 0 bridgehead atoms. The van der Waals surface area contributed by atoms with E-state index in [1.807, 2.05) is 0 Å². The molecule has 2 aliphatic rings. The highest BCUT2D eigenvalue weighted by Gasteiger charge is 2.45. The van der Waals surface area contributed by atoms with Crippen molar-refractivity contribution in [1.82, 2.24) is 0 Å². The summed E-state index contributed by atoms with van der Waals surface area (Å²) < 4.78 is 0. The lowest BCUT2D eigenvalue weighted by molar-refractivity contribution is 0.655. The van der Waals surface area contributed by atoms with Crippen LogP contribution in [0.15, 0.2) is 267 Å². The first kappa shape index (κ1) is 45.4. The molecule has 0 heterocycles. The second-order valence-corrected chi connectivity index (χ2v) is 21.6. The molecule has 0 atom stereocenters. The highest BCUT2D eigenvalue weighted by atomic mass is 15.2. The van der Waals surface area contributed by atoms with Gasteiger partial charge in [0, 0.05) is 44.7 Å². The lowest BCUT2D eigenvalue weighted by Gasteiger charge is -2.33. The molecule has 12 aromatic carbocycles. The minimum atomic E-state index is -0.404. The van der Waals surface area contributed by atoms with Crippen molar-refractivity contribution in [3.05, 3.63) is 289 Å². The Morgan fingerprint density at radius 3 is 0.947 bits per heavy atom. The first-order valence-corrected chi connectivity index (χ1v) is 26.7. The molecule has 0 saturated heterocycles. The van der Waals surface area contributed by atoms with Gasteiger partial charge in [-0.05, 0) is 161 Å². The van der Waals surface area contributed by atoms with Crippen LogP contribution in [0.25, 0.3) is 77.2 Å². The van der Waals surface area contributed by atoms with Gasteiger partial charge in [-0.1, -0.05) is 222 Å². The number of para-hydroxylation sites is 4. The predicted molar refractivity (Wildman–Crippen MR) is 322 cm³/mol. The minimum absolute atomic E-state index is 0.404. The van der Waals surface area contributed by atoms with Crippen LogP contribution in [0, 0.1) is 0 Å². The van der Waals surface area contributed by atoms with Crippen molar-refractivity contribution in [2.24, 2.45) is 0 Å². The molecule has 0 saturated carbocycles. The van der Waals surface area contributed by atoms with E-state index in [-0.39, 0.29) is 0 Å². The zero-order valence-corrected chi connectivity index (χ0v) is 43.3. The van der Waals surface area contributed by atoms with E-state index in [2.05, 4.69) is 304 Å². The first-order chi connectivity index (χ1) is 37.3. The molecule has 0 fully saturated rings. The SMILES string of the molecule is CC1(C)c2cc(-c3cccc4ccccc34)ccc2-c2c(N(c3ccccc3)c3ccccc3)ccc(-c3ccc(N(c4ccccc4)c4ccccc4)c4c3C(C)(C)c3cc(-c5cccc6ccccc56)ccc3-4)c21. The standard InChI is InChI=1S/C74H56N2/c1-73(2)65-47-51(59-37-21-25-49-23-17-19-35-57(49)59)39-41-63(65)69-67(75(53-27-9-5-10-28-53)54-29-11-6-12-30-54)45-43-61(71(69)73)62-44-46-68(76(55-31-13-7-14-32-55)56-33-15-8-16-34-56)70-64-42-40-52(48-66(64)74(3,4)72(62)70)60-38-22-26-50-24-18-20-36-58(50)60/h5-48H,1-4H3. The van der Waals surface area contributed by atoms with Crippen LogP contribution in [-0.2, 0) is 10.8 Å². The zero-order valence-electron chi connectivity index (χ0n) is 43.3. The molecule has 2 nitrogen and oxygen atoms in total. The van der Waals surface area contributed by atoms with Crippen LogP contribution in [0.1, 0.15) is 49.9 Å². The van der Waals surface area contributed by atoms with Crippen LogP contribution >= 0.6 is 0 Å². The molecule has 0 N–H and O–H groups in total.